The average molecular weight is 287 g/mol. The molecule has 0 aromatic heterocycles. The summed E-state index contributed by atoms with van der Waals surface area (Å²) in [4.78, 5) is 0. The molecule has 1 aromatic carbocycles. The lowest BCUT2D eigenvalue weighted by Gasteiger charge is -2.16. The molecule has 0 radical (unpaired) electrons. The number of anilines is 2. The predicted octanol–water partition coefficient (Wildman–Crippen LogP) is 3.77. The van der Waals surface area contributed by atoms with Gasteiger partial charge in [-0.15, -0.1) is 0 Å². The first-order valence-corrected chi connectivity index (χ1v) is 6.36. The fourth-order valence-electron chi connectivity index (χ4n) is 2.25. The Morgan fingerprint density at radius 3 is 2.81 bits per heavy atom. The van der Waals surface area contributed by atoms with Crippen molar-refractivity contribution in [3.8, 4) is 0 Å². The molecule has 0 spiro atoms. The fraction of sp³-hybridized carbons (Fsp3) is 0.500. The topological polar surface area (TPSA) is 38.0 Å². The third-order valence-corrected chi connectivity index (χ3v) is 3.75. The van der Waals surface area contributed by atoms with Gasteiger partial charge in [0.1, 0.15) is 5.82 Å². The number of hydrogen-bond acceptors (Lipinski definition) is 2. The first kappa shape index (κ1) is 11.7. The summed E-state index contributed by atoms with van der Waals surface area (Å²) in [7, 11) is 0. The third kappa shape index (κ3) is 2.48. The van der Waals surface area contributed by atoms with Crippen LogP contribution in [-0.2, 0) is 0 Å². The number of hydrogen-bond donors (Lipinski definition) is 2. The molecule has 16 heavy (non-hydrogen) atoms. The zero-order chi connectivity index (χ0) is 11.7. The molecule has 2 atom stereocenters. The van der Waals surface area contributed by atoms with Gasteiger partial charge in [0.05, 0.1) is 15.8 Å². The van der Waals surface area contributed by atoms with Crippen LogP contribution in [0.15, 0.2) is 16.6 Å². The first-order chi connectivity index (χ1) is 7.56. The average Bonchev–Trinajstić information content (AvgIpc) is 2.60. The molecule has 0 heterocycles. The van der Waals surface area contributed by atoms with Gasteiger partial charge in [0.15, 0.2) is 0 Å². The van der Waals surface area contributed by atoms with Crippen LogP contribution in [0.2, 0.25) is 0 Å². The Morgan fingerprint density at radius 1 is 1.44 bits per heavy atom. The number of nitrogens with two attached hydrogens (primary N) is 1. The van der Waals surface area contributed by atoms with Crippen LogP contribution in [0.3, 0.4) is 0 Å². The highest BCUT2D eigenvalue weighted by Gasteiger charge is 2.21. The molecule has 2 nitrogen and oxygen atoms in total. The lowest BCUT2D eigenvalue weighted by Crippen LogP contribution is -2.16. The summed E-state index contributed by atoms with van der Waals surface area (Å²) < 4.78 is 13.8. The van der Waals surface area contributed by atoms with Crippen molar-refractivity contribution in [1.82, 2.24) is 0 Å². The second-order valence-electron chi connectivity index (χ2n) is 4.61. The lowest BCUT2D eigenvalue weighted by atomic mass is 10.1. The fourth-order valence-corrected chi connectivity index (χ4v) is 2.61. The second-order valence-corrected chi connectivity index (χ2v) is 5.47. The Bertz CT molecular complexity index is 395. The summed E-state index contributed by atoms with van der Waals surface area (Å²) in [5.74, 6) is 0.474. The maximum Gasteiger partial charge on any atom is 0.139 e. The van der Waals surface area contributed by atoms with E-state index in [0.717, 1.165) is 18.8 Å². The number of rotatable bonds is 2. The van der Waals surface area contributed by atoms with Gasteiger partial charge in [-0.3, -0.25) is 0 Å². The van der Waals surface area contributed by atoms with Crippen molar-refractivity contribution in [2.24, 2.45) is 5.92 Å². The molecular weight excluding hydrogens is 271 g/mol. The molecule has 88 valence electrons. The third-order valence-electron chi connectivity index (χ3n) is 3.15. The Morgan fingerprint density at radius 2 is 2.19 bits per heavy atom. The van der Waals surface area contributed by atoms with Crippen molar-refractivity contribution < 1.29 is 4.39 Å². The highest BCUT2D eigenvalue weighted by molar-refractivity contribution is 9.10. The van der Waals surface area contributed by atoms with Crippen molar-refractivity contribution in [1.29, 1.82) is 0 Å². The molecule has 2 rings (SSSR count). The Labute approximate surface area is 104 Å². The SMILES string of the molecule is CC1CCC(Nc2cc(F)c(Br)cc2N)C1. The summed E-state index contributed by atoms with van der Waals surface area (Å²) in [5.41, 5.74) is 7.14. The molecule has 0 amide bonds. The Kier molecular flexibility index (Phi) is 3.38. The van der Waals surface area contributed by atoms with Gasteiger partial charge in [-0.2, -0.15) is 0 Å². The molecule has 1 aliphatic rings. The quantitative estimate of drug-likeness (QED) is 0.812. The van der Waals surface area contributed by atoms with Gasteiger partial charge in [-0.05, 0) is 47.2 Å². The van der Waals surface area contributed by atoms with Crippen LogP contribution in [0.4, 0.5) is 15.8 Å². The molecule has 4 heteroatoms. The molecule has 2 unspecified atom stereocenters. The van der Waals surface area contributed by atoms with E-state index in [1.807, 2.05) is 0 Å². The molecule has 0 aliphatic heterocycles. The first-order valence-electron chi connectivity index (χ1n) is 5.57. The molecule has 1 saturated carbocycles. The minimum atomic E-state index is -0.275. The van der Waals surface area contributed by atoms with E-state index < -0.39 is 0 Å². The largest absolute Gasteiger partial charge is 0.397 e. The van der Waals surface area contributed by atoms with E-state index in [0.29, 0.717) is 21.9 Å². The minimum Gasteiger partial charge on any atom is -0.397 e. The zero-order valence-electron chi connectivity index (χ0n) is 9.26. The smallest absolute Gasteiger partial charge is 0.139 e. The summed E-state index contributed by atoms with van der Waals surface area (Å²) in [6, 6.07) is 3.50. The van der Waals surface area contributed by atoms with Gasteiger partial charge in [0, 0.05) is 12.1 Å². The normalized spacial score (nSPS) is 24.7. The maximum absolute atomic E-state index is 13.4. The van der Waals surface area contributed by atoms with Gasteiger partial charge >= 0.3 is 0 Å². The van der Waals surface area contributed by atoms with Crippen molar-refractivity contribution >= 4 is 27.3 Å². The van der Waals surface area contributed by atoms with E-state index in [2.05, 4.69) is 28.2 Å². The van der Waals surface area contributed by atoms with Gasteiger partial charge in [0.25, 0.3) is 0 Å². The monoisotopic (exact) mass is 286 g/mol. The van der Waals surface area contributed by atoms with Crippen molar-refractivity contribution in [3.05, 3.63) is 22.4 Å². The standard InChI is InChI=1S/C12H16BrFN2/c1-7-2-3-8(4-7)16-12-6-10(14)9(13)5-11(12)15/h5-8,16H,2-4,15H2,1H3. The highest BCUT2D eigenvalue weighted by atomic mass is 79.9. The van der Waals surface area contributed by atoms with Crippen LogP contribution in [-0.4, -0.2) is 6.04 Å². The summed E-state index contributed by atoms with van der Waals surface area (Å²) in [6.07, 6.45) is 3.51. The van der Waals surface area contributed by atoms with Gasteiger partial charge in [-0.1, -0.05) is 6.92 Å². The van der Waals surface area contributed by atoms with E-state index in [1.165, 1.54) is 12.5 Å². The maximum atomic E-state index is 13.4. The molecule has 1 fully saturated rings. The molecule has 1 aliphatic carbocycles. The molecule has 1 aromatic rings. The van der Waals surface area contributed by atoms with Crippen LogP contribution in [0.25, 0.3) is 0 Å². The van der Waals surface area contributed by atoms with E-state index in [1.54, 1.807) is 6.07 Å². The number of halogens is 2. The number of nitrogens with one attached hydrogen (secondary N) is 1. The molecule has 3 N–H and O–H groups in total. The lowest BCUT2D eigenvalue weighted by molar-refractivity contribution is 0.602. The van der Waals surface area contributed by atoms with E-state index in [9.17, 15) is 4.39 Å². The summed E-state index contributed by atoms with van der Waals surface area (Å²) >= 11 is 3.12. The molecule has 0 saturated heterocycles. The minimum absolute atomic E-state index is 0.275. The van der Waals surface area contributed by atoms with Crippen LogP contribution in [0, 0.1) is 11.7 Å². The number of nitrogen functional groups attached to an aromatic ring is 1. The molecular formula is C12H16BrFN2. The van der Waals surface area contributed by atoms with E-state index in [4.69, 9.17) is 5.73 Å². The highest BCUT2D eigenvalue weighted by Crippen LogP contribution is 2.31. The zero-order valence-corrected chi connectivity index (χ0v) is 10.8. The van der Waals surface area contributed by atoms with E-state index >= 15 is 0 Å². The Balaban J connectivity index is 2.12. The van der Waals surface area contributed by atoms with Crippen molar-refractivity contribution in [2.45, 2.75) is 32.2 Å². The van der Waals surface area contributed by atoms with E-state index in [-0.39, 0.29) is 5.82 Å². The van der Waals surface area contributed by atoms with Crippen LogP contribution in [0.1, 0.15) is 26.2 Å². The number of benzene rings is 1. The van der Waals surface area contributed by atoms with Gasteiger partial charge in [-0.25, -0.2) is 4.39 Å². The van der Waals surface area contributed by atoms with Crippen LogP contribution in [0.5, 0.6) is 0 Å². The van der Waals surface area contributed by atoms with Crippen LogP contribution < -0.4 is 11.1 Å². The predicted molar refractivity (Wildman–Crippen MR) is 68.9 cm³/mol. The Hall–Kier alpha value is -0.770. The van der Waals surface area contributed by atoms with Crippen molar-refractivity contribution in [3.63, 3.8) is 0 Å². The second kappa shape index (κ2) is 4.62. The van der Waals surface area contributed by atoms with Gasteiger partial charge in [0.2, 0.25) is 0 Å². The van der Waals surface area contributed by atoms with Crippen LogP contribution >= 0.6 is 15.9 Å². The van der Waals surface area contributed by atoms with Gasteiger partial charge < -0.3 is 11.1 Å². The summed E-state index contributed by atoms with van der Waals surface area (Å²) in [6.45, 7) is 2.24. The van der Waals surface area contributed by atoms with Crippen molar-refractivity contribution in [2.75, 3.05) is 11.1 Å². The summed E-state index contributed by atoms with van der Waals surface area (Å²) in [5, 5.41) is 3.32. The molecule has 0 bridgehead atoms.